The Hall–Kier alpha value is -2.70. The number of ether oxygens (including phenoxy) is 1. The average molecular weight is 294 g/mol. The number of aromatic nitrogens is 1. The predicted molar refractivity (Wildman–Crippen MR) is 72.2 cm³/mol. The molecule has 0 saturated carbocycles. The van der Waals surface area contributed by atoms with Crippen molar-refractivity contribution in [1.82, 2.24) is 4.98 Å². The van der Waals surface area contributed by atoms with Gasteiger partial charge in [0, 0.05) is 5.56 Å². The third-order valence-electron chi connectivity index (χ3n) is 2.98. The van der Waals surface area contributed by atoms with Crippen LogP contribution in [0.2, 0.25) is 0 Å². The van der Waals surface area contributed by atoms with E-state index < -0.39 is 29.0 Å². The molecule has 0 amide bonds. The molecule has 1 heterocycles. The van der Waals surface area contributed by atoms with E-state index in [1.165, 1.54) is 12.1 Å². The van der Waals surface area contributed by atoms with Crippen molar-refractivity contribution in [2.75, 3.05) is 12.8 Å². The first-order valence-electron chi connectivity index (χ1n) is 5.89. The number of aromatic carboxylic acids is 1. The van der Waals surface area contributed by atoms with Gasteiger partial charge in [-0.1, -0.05) is 12.1 Å². The van der Waals surface area contributed by atoms with Crippen molar-refractivity contribution in [2.24, 2.45) is 0 Å². The summed E-state index contributed by atoms with van der Waals surface area (Å²) < 4.78 is 32.6. The quantitative estimate of drug-likeness (QED) is 0.909. The first kappa shape index (κ1) is 14.7. The monoisotopic (exact) mass is 294 g/mol. The van der Waals surface area contributed by atoms with Crippen molar-refractivity contribution in [3.63, 3.8) is 0 Å². The van der Waals surface area contributed by atoms with Gasteiger partial charge in [0.25, 0.3) is 0 Å². The van der Waals surface area contributed by atoms with Crippen LogP contribution in [-0.2, 0) is 0 Å². The second-order valence-corrected chi connectivity index (χ2v) is 4.34. The molecule has 2 aromatic rings. The van der Waals surface area contributed by atoms with Gasteiger partial charge in [-0.15, -0.1) is 0 Å². The Balaban J connectivity index is 2.74. The highest BCUT2D eigenvalue weighted by molar-refractivity contribution is 5.92. The molecule has 0 saturated heterocycles. The van der Waals surface area contributed by atoms with Crippen molar-refractivity contribution in [3.05, 3.63) is 41.1 Å². The molecule has 0 unspecified atom stereocenters. The van der Waals surface area contributed by atoms with Crippen LogP contribution in [0.1, 0.15) is 16.1 Å². The average Bonchev–Trinajstić information content (AvgIpc) is 2.44. The van der Waals surface area contributed by atoms with E-state index in [0.29, 0.717) is 5.56 Å². The van der Waals surface area contributed by atoms with Crippen LogP contribution < -0.4 is 10.5 Å². The molecule has 1 aromatic carbocycles. The van der Waals surface area contributed by atoms with Crippen LogP contribution in [0.15, 0.2) is 18.2 Å². The van der Waals surface area contributed by atoms with Crippen molar-refractivity contribution >= 4 is 11.7 Å². The lowest BCUT2D eigenvalue weighted by Gasteiger charge is -2.12. The second-order valence-electron chi connectivity index (χ2n) is 4.34. The lowest BCUT2D eigenvalue weighted by molar-refractivity contribution is 0.0686. The highest BCUT2D eigenvalue weighted by Gasteiger charge is 2.24. The summed E-state index contributed by atoms with van der Waals surface area (Å²) >= 11 is 0. The SMILES string of the molecule is COc1c(C(=O)O)nc(-c2ccc(C)c(F)c2)c(F)c1N. The van der Waals surface area contributed by atoms with Crippen molar-refractivity contribution in [3.8, 4) is 17.0 Å². The molecule has 21 heavy (non-hydrogen) atoms. The van der Waals surface area contributed by atoms with Crippen molar-refractivity contribution < 1.29 is 23.4 Å². The third kappa shape index (κ3) is 2.49. The molecule has 3 N–H and O–H groups in total. The first-order valence-corrected chi connectivity index (χ1v) is 5.89. The number of benzene rings is 1. The number of pyridine rings is 1. The number of anilines is 1. The van der Waals surface area contributed by atoms with Crippen LogP contribution in [-0.4, -0.2) is 23.2 Å². The zero-order chi connectivity index (χ0) is 15.7. The predicted octanol–water partition coefficient (Wildman–Crippen LogP) is 2.62. The van der Waals surface area contributed by atoms with E-state index in [9.17, 15) is 13.6 Å². The fraction of sp³-hybridized carbons (Fsp3) is 0.143. The van der Waals surface area contributed by atoms with Gasteiger partial charge in [0.05, 0.1) is 7.11 Å². The summed E-state index contributed by atoms with van der Waals surface area (Å²) in [5.74, 6) is -3.30. The van der Waals surface area contributed by atoms with Gasteiger partial charge in [0.15, 0.2) is 17.3 Å². The van der Waals surface area contributed by atoms with Gasteiger partial charge < -0.3 is 15.6 Å². The number of carbonyl (C=O) groups is 1. The molecule has 110 valence electrons. The number of nitrogens with zero attached hydrogens (tertiary/aromatic N) is 1. The lowest BCUT2D eigenvalue weighted by Crippen LogP contribution is -2.10. The first-order chi connectivity index (χ1) is 9.86. The van der Waals surface area contributed by atoms with Crippen molar-refractivity contribution in [1.29, 1.82) is 0 Å². The molecule has 7 heteroatoms. The summed E-state index contributed by atoms with van der Waals surface area (Å²) in [6.07, 6.45) is 0. The molecular weight excluding hydrogens is 282 g/mol. The van der Waals surface area contributed by atoms with Crippen LogP contribution in [0, 0.1) is 18.6 Å². The number of hydrogen-bond donors (Lipinski definition) is 2. The van der Waals surface area contributed by atoms with E-state index in [-0.39, 0.29) is 17.0 Å². The van der Waals surface area contributed by atoms with E-state index in [4.69, 9.17) is 15.6 Å². The number of nitrogens with two attached hydrogens (primary N) is 1. The van der Waals surface area contributed by atoms with Crippen LogP contribution in [0.25, 0.3) is 11.3 Å². The summed E-state index contributed by atoms with van der Waals surface area (Å²) in [7, 11) is 1.16. The van der Waals surface area contributed by atoms with Crippen LogP contribution in [0.3, 0.4) is 0 Å². The number of rotatable bonds is 3. The van der Waals surface area contributed by atoms with Crippen LogP contribution in [0.4, 0.5) is 14.5 Å². The molecule has 2 rings (SSSR count). The zero-order valence-electron chi connectivity index (χ0n) is 11.3. The van der Waals surface area contributed by atoms with Gasteiger partial charge in [-0.2, -0.15) is 0 Å². The minimum absolute atomic E-state index is 0.0902. The Morgan fingerprint density at radius 1 is 1.38 bits per heavy atom. The number of hydrogen-bond acceptors (Lipinski definition) is 4. The number of halogens is 2. The molecule has 0 aliphatic heterocycles. The standard InChI is InChI=1S/C14H12F2N2O3/c1-6-3-4-7(5-8(6)15)11-9(16)10(17)13(21-2)12(18-11)14(19)20/h3-5H,1-2H3,(H2,17,18)(H,19,20). The van der Waals surface area contributed by atoms with Gasteiger partial charge in [-0.25, -0.2) is 18.6 Å². The molecule has 0 spiro atoms. The van der Waals surface area contributed by atoms with E-state index in [1.807, 2.05) is 0 Å². The molecular formula is C14H12F2N2O3. The Morgan fingerprint density at radius 3 is 2.57 bits per heavy atom. The number of nitrogen functional groups attached to an aromatic ring is 1. The third-order valence-corrected chi connectivity index (χ3v) is 2.98. The largest absolute Gasteiger partial charge is 0.492 e. The Morgan fingerprint density at radius 2 is 2.05 bits per heavy atom. The highest BCUT2D eigenvalue weighted by atomic mass is 19.1. The molecule has 0 aliphatic carbocycles. The number of carboxylic acids is 1. The molecule has 0 bridgehead atoms. The Bertz CT molecular complexity index is 733. The molecule has 5 nitrogen and oxygen atoms in total. The number of aryl methyl sites for hydroxylation is 1. The Kier molecular flexibility index (Phi) is 3.75. The van der Waals surface area contributed by atoms with Gasteiger partial charge in [-0.3, -0.25) is 0 Å². The number of carboxylic acid groups (broad SMARTS) is 1. The molecule has 1 aromatic heterocycles. The summed E-state index contributed by atoms with van der Waals surface area (Å²) in [5.41, 5.74) is 4.64. The van der Waals surface area contributed by atoms with Gasteiger partial charge in [0.1, 0.15) is 17.2 Å². The summed E-state index contributed by atoms with van der Waals surface area (Å²) in [5, 5.41) is 9.09. The number of methoxy groups -OCH3 is 1. The maximum Gasteiger partial charge on any atom is 0.358 e. The fourth-order valence-electron chi connectivity index (χ4n) is 1.85. The van der Waals surface area contributed by atoms with E-state index >= 15 is 0 Å². The van der Waals surface area contributed by atoms with E-state index in [0.717, 1.165) is 13.2 Å². The minimum atomic E-state index is -1.42. The summed E-state index contributed by atoms with van der Waals surface area (Å²) in [4.78, 5) is 14.9. The molecule has 0 radical (unpaired) electrons. The van der Waals surface area contributed by atoms with E-state index in [2.05, 4.69) is 4.98 Å². The fourth-order valence-corrected chi connectivity index (χ4v) is 1.85. The van der Waals surface area contributed by atoms with Crippen LogP contribution >= 0.6 is 0 Å². The van der Waals surface area contributed by atoms with Gasteiger partial charge in [0.2, 0.25) is 0 Å². The second kappa shape index (κ2) is 5.35. The van der Waals surface area contributed by atoms with Crippen LogP contribution in [0.5, 0.6) is 5.75 Å². The highest BCUT2D eigenvalue weighted by Crippen LogP contribution is 2.34. The Labute approximate surface area is 119 Å². The normalized spacial score (nSPS) is 10.5. The molecule has 0 aliphatic rings. The topological polar surface area (TPSA) is 85.4 Å². The lowest BCUT2D eigenvalue weighted by atomic mass is 10.1. The van der Waals surface area contributed by atoms with Gasteiger partial charge in [-0.05, 0) is 18.6 Å². The maximum atomic E-state index is 14.2. The maximum absolute atomic E-state index is 14.2. The summed E-state index contributed by atoms with van der Waals surface area (Å²) in [6.45, 7) is 1.55. The smallest absolute Gasteiger partial charge is 0.358 e. The minimum Gasteiger partial charge on any atom is -0.492 e. The molecule has 0 atom stereocenters. The van der Waals surface area contributed by atoms with Crippen molar-refractivity contribution in [2.45, 2.75) is 6.92 Å². The summed E-state index contributed by atoms with van der Waals surface area (Å²) in [6, 6.07) is 3.94. The van der Waals surface area contributed by atoms with Gasteiger partial charge >= 0.3 is 5.97 Å². The molecule has 0 fully saturated rings. The van der Waals surface area contributed by atoms with E-state index in [1.54, 1.807) is 6.92 Å². The zero-order valence-corrected chi connectivity index (χ0v) is 11.3.